The predicted molar refractivity (Wildman–Crippen MR) is 79.5 cm³/mol. The first-order valence-electron chi connectivity index (χ1n) is 6.93. The predicted octanol–water partition coefficient (Wildman–Crippen LogP) is 3.21. The Morgan fingerprint density at radius 1 is 1.29 bits per heavy atom. The third-order valence-electron chi connectivity index (χ3n) is 3.93. The third-order valence-corrected chi connectivity index (χ3v) is 4.54. The molecule has 0 unspecified atom stereocenters. The van der Waals surface area contributed by atoms with Gasteiger partial charge in [-0.1, -0.05) is 0 Å². The highest BCUT2D eigenvalue weighted by Crippen LogP contribution is 2.28. The number of hydrogen-bond acceptors (Lipinski definition) is 2. The molecule has 1 fully saturated rings. The topological polar surface area (TPSA) is 66.4 Å². The average molecular weight is 358 g/mol. The molecule has 2 N–H and O–H groups in total. The molecule has 6 heteroatoms. The number of benzene rings is 1. The van der Waals surface area contributed by atoms with E-state index in [-0.39, 0.29) is 16.3 Å². The van der Waals surface area contributed by atoms with E-state index in [0.29, 0.717) is 30.9 Å². The van der Waals surface area contributed by atoms with Crippen molar-refractivity contribution in [1.29, 1.82) is 0 Å². The summed E-state index contributed by atoms with van der Waals surface area (Å²) in [7, 11) is 0. The molecule has 1 aliphatic rings. The van der Waals surface area contributed by atoms with Gasteiger partial charge in [-0.3, -0.25) is 9.59 Å². The van der Waals surface area contributed by atoms with Crippen molar-refractivity contribution < 1.29 is 19.1 Å². The van der Waals surface area contributed by atoms with Crippen LogP contribution in [0.25, 0.3) is 0 Å². The molecule has 0 saturated heterocycles. The number of halogens is 2. The first-order valence-corrected chi connectivity index (χ1v) is 7.72. The van der Waals surface area contributed by atoms with Crippen molar-refractivity contribution in [1.82, 2.24) is 5.32 Å². The first-order chi connectivity index (χ1) is 9.97. The van der Waals surface area contributed by atoms with Gasteiger partial charge in [0, 0.05) is 12.1 Å². The fourth-order valence-corrected chi connectivity index (χ4v) is 2.97. The normalized spacial score (nSPS) is 21.8. The van der Waals surface area contributed by atoms with Gasteiger partial charge in [-0.2, -0.15) is 0 Å². The molecule has 114 valence electrons. The van der Waals surface area contributed by atoms with E-state index < -0.39 is 11.8 Å². The van der Waals surface area contributed by atoms with Gasteiger partial charge < -0.3 is 10.4 Å². The number of rotatable bonds is 4. The Hall–Kier alpha value is -1.43. The lowest BCUT2D eigenvalue weighted by atomic mass is 9.82. The van der Waals surface area contributed by atoms with E-state index in [2.05, 4.69) is 21.2 Å². The van der Waals surface area contributed by atoms with Gasteiger partial charge in [-0.15, -0.1) is 0 Å². The summed E-state index contributed by atoms with van der Waals surface area (Å²) >= 11 is 3.05. The van der Waals surface area contributed by atoms with E-state index >= 15 is 0 Å². The molecular formula is C15H17BrFNO3. The summed E-state index contributed by atoms with van der Waals surface area (Å²) in [5.74, 6) is -1.30. The standard InChI is InChI=1S/C15H17BrFNO3/c16-12-7-11(5-6-13(12)17)14(19)18-8-9-1-3-10(4-2-9)15(20)21/h5-7,9-10H,1-4,8H2,(H,18,19)(H,20,21). The second kappa shape index (κ2) is 7.02. The summed E-state index contributed by atoms with van der Waals surface area (Å²) in [6.07, 6.45) is 2.95. The lowest BCUT2D eigenvalue weighted by Gasteiger charge is -2.26. The molecule has 0 aliphatic heterocycles. The minimum absolute atomic E-state index is 0.240. The zero-order valence-corrected chi connectivity index (χ0v) is 13.0. The van der Waals surface area contributed by atoms with Crippen LogP contribution in [0.3, 0.4) is 0 Å². The molecule has 1 aliphatic carbocycles. The zero-order valence-electron chi connectivity index (χ0n) is 11.4. The van der Waals surface area contributed by atoms with Gasteiger partial charge in [-0.25, -0.2) is 4.39 Å². The fourth-order valence-electron chi connectivity index (χ4n) is 2.59. The largest absolute Gasteiger partial charge is 0.481 e. The minimum Gasteiger partial charge on any atom is -0.481 e. The first kappa shape index (κ1) is 15.9. The van der Waals surface area contributed by atoms with Crippen molar-refractivity contribution in [2.45, 2.75) is 25.7 Å². The Bertz CT molecular complexity index is 542. The summed E-state index contributed by atoms with van der Waals surface area (Å²) in [5.41, 5.74) is 0.405. The maximum Gasteiger partial charge on any atom is 0.306 e. The second-order valence-corrected chi connectivity index (χ2v) is 6.25. The number of carboxylic acids is 1. The molecule has 0 bridgehead atoms. The Morgan fingerprint density at radius 3 is 2.52 bits per heavy atom. The van der Waals surface area contributed by atoms with Gasteiger partial charge in [0.1, 0.15) is 5.82 Å². The van der Waals surface area contributed by atoms with E-state index in [4.69, 9.17) is 5.11 Å². The van der Waals surface area contributed by atoms with E-state index in [1.165, 1.54) is 18.2 Å². The fraction of sp³-hybridized carbons (Fsp3) is 0.467. The van der Waals surface area contributed by atoms with Crippen molar-refractivity contribution in [2.24, 2.45) is 11.8 Å². The number of carbonyl (C=O) groups excluding carboxylic acids is 1. The van der Waals surface area contributed by atoms with Crippen LogP contribution < -0.4 is 5.32 Å². The van der Waals surface area contributed by atoms with Crippen LogP contribution in [-0.2, 0) is 4.79 Å². The number of aliphatic carboxylic acids is 1. The lowest BCUT2D eigenvalue weighted by molar-refractivity contribution is -0.143. The van der Waals surface area contributed by atoms with E-state index in [1.54, 1.807) is 0 Å². The van der Waals surface area contributed by atoms with Crippen molar-refractivity contribution in [3.8, 4) is 0 Å². The van der Waals surface area contributed by atoms with Crippen LogP contribution in [0.15, 0.2) is 22.7 Å². The summed E-state index contributed by atoms with van der Waals surface area (Å²) in [5, 5.41) is 11.8. The van der Waals surface area contributed by atoms with E-state index in [0.717, 1.165) is 12.8 Å². The summed E-state index contributed by atoms with van der Waals surface area (Å²) < 4.78 is 13.4. The van der Waals surface area contributed by atoms with Crippen LogP contribution >= 0.6 is 15.9 Å². The van der Waals surface area contributed by atoms with E-state index in [1.807, 2.05) is 0 Å². The van der Waals surface area contributed by atoms with Crippen molar-refractivity contribution in [2.75, 3.05) is 6.54 Å². The Balaban J connectivity index is 1.82. The molecule has 1 aromatic carbocycles. The monoisotopic (exact) mass is 357 g/mol. The quantitative estimate of drug-likeness (QED) is 0.869. The Labute approximate surface area is 130 Å². The van der Waals surface area contributed by atoms with Gasteiger partial charge in [0.05, 0.1) is 10.4 Å². The Kier molecular flexibility index (Phi) is 5.33. The van der Waals surface area contributed by atoms with E-state index in [9.17, 15) is 14.0 Å². The second-order valence-electron chi connectivity index (χ2n) is 5.39. The number of carbonyl (C=O) groups is 2. The molecule has 0 aromatic heterocycles. The maximum atomic E-state index is 13.1. The zero-order chi connectivity index (χ0) is 15.4. The van der Waals surface area contributed by atoms with Gasteiger partial charge in [0.25, 0.3) is 5.91 Å². The highest BCUT2D eigenvalue weighted by atomic mass is 79.9. The van der Waals surface area contributed by atoms with Crippen LogP contribution in [-0.4, -0.2) is 23.5 Å². The molecule has 0 heterocycles. The Morgan fingerprint density at radius 2 is 1.95 bits per heavy atom. The summed E-state index contributed by atoms with van der Waals surface area (Å²) in [6, 6.07) is 4.14. The number of carboxylic acid groups (broad SMARTS) is 1. The van der Waals surface area contributed by atoms with Crippen LogP contribution in [0.5, 0.6) is 0 Å². The third kappa shape index (κ3) is 4.27. The van der Waals surface area contributed by atoms with Crippen LogP contribution in [0, 0.1) is 17.7 Å². The molecule has 21 heavy (non-hydrogen) atoms. The van der Waals surface area contributed by atoms with Crippen molar-refractivity contribution >= 4 is 27.8 Å². The molecule has 1 saturated carbocycles. The molecule has 1 amide bonds. The average Bonchev–Trinajstić information content (AvgIpc) is 2.48. The smallest absolute Gasteiger partial charge is 0.306 e. The van der Waals surface area contributed by atoms with Crippen LogP contribution in [0.4, 0.5) is 4.39 Å². The van der Waals surface area contributed by atoms with Crippen molar-refractivity contribution in [3.63, 3.8) is 0 Å². The molecular weight excluding hydrogens is 341 g/mol. The van der Waals surface area contributed by atoms with Gasteiger partial charge in [0.15, 0.2) is 0 Å². The van der Waals surface area contributed by atoms with Crippen LogP contribution in [0.1, 0.15) is 36.0 Å². The van der Waals surface area contributed by atoms with Crippen molar-refractivity contribution in [3.05, 3.63) is 34.1 Å². The molecule has 0 spiro atoms. The van der Waals surface area contributed by atoms with Gasteiger partial charge >= 0.3 is 5.97 Å². The molecule has 0 atom stereocenters. The van der Waals surface area contributed by atoms with Gasteiger partial charge in [-0.05, 0) is 65.7 Å². The van der Waals surface area contributed by atoms with Crippen LogP contribution in [0.2, 0.25) is 0 Å². The highest BCUT2D eigenvalue weighted by molar-refractivity contribution is 9.10. The number of nitrogens with one attached hydrogen (secondary N) is 1. The molecule has 0 radical (unpaired) electrons. The molecule has 2 rings (SSSR count). The lowest BCUT2D eigenvalue weighted by Crippen LogP contribution is -2.32. The summed E-state index contributed by atoms with van der Waals surface area (Å²) in [6.45, 7) is 0.528. The number of amides is 1. The molecule has 4 nitrogen and oxygen atoms in total. The summed E-state index contributed by atoms with van der Waals surface area (Å²) in [4.78, 5) is 22.8. The highest BCUT2D eigenvalue weighted by Gasteiger charge is 2.26. The molecule has 1 aromatic rings. The SMILES string of the molecule is O=C(NCC1CCC(C(=O)O)CC1)c1ccc(F)c(Br)c1. The van der Waals surface area contributed by atoms with Gasteiger partial charge in [0.2, 0.25) is 0 Å². The maximum absolute atomic E-state index is 13.1. The number of hydrogen-bond donors (Lipinski definition) is 2. The minimum atomic E-state index is -0.728.